The lowest BCUT2D eigenvalue weighted by atomic mass is 10.2. The molecule has 8 heteroatoms. The standard InChI is InChI=1S/C18H20F2N4O2/c1-3-14-16-15(21-10-11-25)8-9-22-17(16)24(23-14)12-4-6-13(7-5-12)26-18(2,19)20/h4-9,25H,3,10-11H2,1-2H3,(H,21,22). The van der Waals surface area contributed by atoms with E-state index in [4.69, 9.17) is 5.11 Å². The Kier molecular flexibility index (Phi) is 5.03. The number of anilines is 1. The number of halogens is 2. The Hall–Kier alpha value is -2.74. The number of rotatable bonds is 7. The van der Waals surface area contributed by atoms with Crippen molar-refractivity contribution in [2.75, 3.05) is 18.5 Å². The predicted octanol–water partition coefficient (Wildman–Crippen LogP) is 3.38. The van der Waals surface area contributed by atoms with Crippen LogP contribution >= 0.6 is 0 Å². The number of nitrogens with one attached hydrogen (secondary N) is 1. The van der Waals surface area contributed by atoms with Gasteiger partial charge in [-0.3, -0.25) is 0 Å². The second-order valence-corrected chi connectivity index (χ2v) is 5.82. The summed E-state index contributed by atoms with van der Waals surface area (Å²) in [5.41, 5.74) is 3.04. The van der Waals surface area contributed by atoms with Crippen LogP contribution in [0.4, 0.5) is 14.5 Å². The van der Waals surface area contributed by atoms with E-state index in [1.165, 1.54) is 12.1 Å². The molecule has 2 N–H and O–H groups in total. The number of fused-ring (bicyclic) bond motifs is 1. The maximum atomic E-state index is 13.0. The summed E-state index contributed by atoms with van der Waals surface area (Å²) in [5, 5.41) is 17.7. The molecule has 0 aliphatic heterocycles. The number of aromatic nitrogens is 3. The highest BCUT2D eigenvalue weighted by molar-refractivity contribution is 5.92. The Morgan fingerprint density at radius 1 is 1.23 bits per heavy atom. The number of ether oxygens (including phenoxy) is 1. The first-order valence-electron chi connectivity index (χ1n) is 8.31. The van der Waals surface area contributed by atoms with Crippen LogP contribution in [0.25, 0.3) is 16.7 Å². The molecule has 0 spiro atoms. The van der Waals surface area contributed by atoms with Crippen molar-refractivity contribution in [1.29, 1.82) is 0 Å². The van der Waals surface area contributed by atoms with Gasteiger partial charge in [-0.2, -0.15) is 13.9 Å². The second kappa shape index (κ2) is 7.25. The fraction of sp³-hybridized carbons (Fsp3) is 0.333. The summed E-state index contributed by atoms with van der Waals surface area (Å²) in [6, 6.07) is 8.09. The van der Waals surface area contributed by atoms with Crippen LogP contribution in [-0.2, 0) is 6.42 Å². The summed E-state index contributed by atoms with van der Waals surface area (Å²) in [6.07, 6.45) is -0.870. The first kappa shape index (κ1) is 18.1. The summed E-state index contributed by atoms with van der Waals surface area (Å²) < 4.78 is 32.2. The Bertz CT molecular complexity index is 889. The van der Waals surface area contributed by atoms with Gasteiger partial charge in [-0.05, 0) is 36.8 Å². The zero-order valence-electron chi connectivity index (χ0n) is 14.5. The first-order valence-corrected chi connectivity index (χ1v) is 8.31. The van der Waals surface area contributed by atoms with Crippen LogP contribution in [0.5, 0.6) is 5.75 Å². The van der Waals surface area contributed by atoms with Gasteiger partial charge in [-0.15, -0.1) is 0 Å². The van der Waals surface area contributed by atoms with Gasteiger partial charge in [0.25, 0.3) is 0 Å². The summed E-state index contributed by atoms with van der Waals surface area (Å²) in [4.78, 5) is 4.42. The second-order valence-electron chi connectivity index (χ2n) is 5.82. The Morgan fingerprint density at radius 2 is 1.96 bits per heavy atom. The highest BCUT2D eigenvalue weighted by atomic mass is 19.3. The number of aryl methyl sites for hydroxylation is 1. The van der Waals surface area contributed by atoms with Gasteiger partial charge in [0.2, 0.25) is 0 Å². The van der Waals surface area contributed by atoms with Gasteiger partial charge in [0, 0.05) is 25.4 Å². The van der Waals surface area contributed by atoms with E-state index in [1.807, 2.05) is 13.0 Å². The van der Waals surface area contributed by atoms with Crippen LogP contribution in [0, 0.1) is 0 Å². The van der Waals surface area contributed by atoms with E-state index in [2.05, 4.69) is 20.1 Å². The molecule has 0 fully saturated rings. The van der Waals surface area contributed by atoms with Crippen LogP contribution in [-0.4, -0.2) is 39.1 Å². The number of benzene rings is 1. The molecule has 0 unspecified atom stereocenters. The van der Waals surface area contributed by atoms with Crippen molar-refractivity contribution in [3.05, 3.63) is 42.2 Å². The Labute approximate surface area is 149 Å². The van der Waals surface area contributed by atoms with Gasteiger partial charge < -0.3 is 15.2 Å². The van der Waals surface area contributed by atoms with Crippen LogP contribution < -0.4 is 10.1 Å². The Morgan fingerprint density at radius 3 is 2.58 bits per heavy atom. The largest absolute Gasteiger partial charge is 0.433 e. The van der Waals surface area contributed by atoms with Crippen molar-refractivity contribution in [2.45, 2.75) is 26.4 Å². The van der Waals surface area contributed by atoms with E-state index in [-0.39, 0.29) is 12.4 Å². The topological polar surface area (TPSA) is 72.2 Å². The molecule has 1 aromatic carbocycles. The van der Waals surface area contributed by atoms with Crippen molar-refractivity contribution >= 4 is 16.7 Å². The molecule has 0 saturated heterocycles. The van der Waals surface area contributed by atoms with Gasteiger partial charge in [-0.25, -0.2) is 9.67 Å². The lowest BCUT2D eigenvalue weighted by Gasteiger charge is -2.13. The molecular weight excluding hydrogens is 342 g/mol. The average Bonchev–Trinajstić information content (AvgIpc) is 2.99. The average molecular weight is 362 g/mol. The molecule has 0 aliphatic carbocycles. The zero-order chi connectivity index (χ0) is 18.7. The number of nitrogens with zero attached hydrogens (tertiary/aromatic N) is 3. The third-order valence-electron chi connectivity index (χ3n) is 3.78. The van der Waals surface area contributed by atoms with Crippen molar-refractivity contribution in [2.24, 2.45) is 0 Å². The molecule has 2 heterocycles. The molecular formula is C18H20F2N4O2. The summed E-state index contributed by atoms with van der Waals surface area (Å²) >= 11 is 0. The van der Waals surface area contributed by atoms with Crippen molar-refractivity contribution in [1.82, 2.24) is 14.8 Å². The maximum Gasteiger partial charge on any atom is 0.394 e. The number of alkyl halides is 2. The third kappa shape index (κ3) is 3.75. The molecule has 6 nitrogen and oxygen atoms in total. The lowest BCUT2D eigenvalue weighted by Crippen LogP contribution is -2.19. The highest BCUT2D eigenvalue weighted by Gasteiger charge is 2.23. The van der Waals surface area contributed by atoms with Gasteiger partial charge in [0.15, 0.2) is 5.65 Å². The van der Waals surface area contributed by atoms with Crippen molar-refractivity contribution in [3.63, 3.8) is 0 Å². The van der Waals surface area contributed by atoms with Crippen LogP contribution in [0.15, 0.2) is 36.5 Å². The van der Waals surface area contributed by atoms with Gasteiger partial charge in [-0.1, -0.05) is 6.92 Å². The van der Waals surface area contributed by atoms with Gasteiger partial charge in [0.1, 0.15) is 5.75 Å². The number of hydrogen-bond acceptors (Lipinski definition) is 5. The zero-order valence-corrected chi connectivity index (χ0v) is 14.5. The quantitative estimate of drug-likeness (QED) is 0.674. The smallest absolute Gasteiger partial charge is 0.394 e. The number of aliphatic hydroxyl groups is 1. The summed E-state index contributed by atoms with van der Waals surface area (Å²) in [6.45, 7) is 3.13. The highest BCUT2D eigenvalue weighted by Crippen LogP contribution is 2.29. The number of pyridine rings is 1. The van der Waals surface area contributed by atoms with Gasteiger partial charge in [0.05, 0.1) is 23.4 Å². The fourth-order valence-electron chi connectivity index (χ4n) is 2.74. The minimum atomic E-state index is -3.23. The van der Waals surface area contributed by atoms with Gasteiger partial charge >= 0.3 is 6.11 Å². The molecule has 3 aromatic rings. The maximum absolute atomic E-state index is 13.0. The molecule has 3 rings (SSSR count). The van der Waals surface area contributed by atoms with E-state index in [0.717, 1.165) is 16.8 Å². The number of hydrogen-bond donors (Lipinski definition) is 2. The normalized spacial score (nSPS) is 11.7. The van der Waals surface area contributed by atoms with E-state index in [0.29, 0.717) is 31.2 Å². The molecule has 2 aromatic heterocycles. The molecule has 26 heavy (non-hydrogen) atoms. The molecule has 0 atom stereocenters. The van der Waals surface area contributed by atoms with E-state index < -0.39 is 6.11 Å². The minimum Gasteiger partial charge on any atom is -0.433 e. The minimum absolute atomic E-state index is 0.0168. The van der Waals surface area contributed by atoms with Crippen LogP contribution in [0.3, 0.4) is 0 Å². The first-order chi connectivity index (χ1) is 12.4. The third-order valence-corrected chi connectivity index (χ3v) is 3.78. The molecule has 0 bridgehead atoms. The predicted molar refractivity (Wildman–Crippen MR) is 95.1 cm³/mol. The van der Waals surface area contributed by atoms with E-state index >= 15 is 0 Å². The van der Waals surface area contributed by atoms with Crippen LogP contribution in [0.1, 0.15) is 19.5 Å². The van der Waals surface area contributed by atoms with Crippen LogP contribution in [0.2, 0.25) is 0 Å². The molecule has 0 amide bonds. The van der Waals surface area contributed by atoms with Crippen molar-refractivity contribution < 1.29 is 18.6 Å². The monoisotopic (exact) mass is 362 g/mol. The van der Waals surface area contributed by atoms with Crippen molar-refractivity contribution in [3.8, 4) is 11.4 Å². The van der Waals surface area contributed by atoms with E-state index in [1.54, 1.807) is 23.0 Å². The SMILES string of the molecule is CCc1nn(-c2ccc(OC(C)(F)F)cc2)c2nccc(NCCO)c12. The van der Waals surface area contributed by atoms with E-state index in [9.17, 15) is 8.78 Å². The molecule has 0 radical (unpaired) electrons. The summed E-state index contributed by atoms with van der Waals surface area (Å²) in [5.74, 6) is 0.0756. The molecule has 138 valence electrons. The molecule has 0 saturated carbocycles. The number of aliphatic hydroxyl groups excluding tert-OH is 1. The molecule has 0 aliphatic rings. The fourth-order valence-corrected chi connectivity index (χ4v) is 2.74. The Balaban J connectivity index is 2.03. The lowest BCUT2D eigenvalue weighted by molar-refractivity contribution is -0.158. The summed E-state index contributed by atoms with van der Waals surface area (Å²) in [7, 11) is 0.